The van der Waals surface area contributed by atoms with Crippen LogP contribution < -0.4 is 5.32 Å². The summed E-state index contributed by atoms with van der Waals surface area (Å²) in [6.45, 7) is 2.78. The third-order valence-electron chi connectivity index (χ3n) is 4.67. The van der Waals surface area contributed by atoms with Gasteiger partial charge in [0.25, 0.3) is 5.91 Å². The lowest BCUT2D eigenvalue weighted by Gasteiger charge is -2.30. The first-order valence-electron chi connectivity index (χ1n) is 8.95. The van der Waals surface area contributed by atoms with Gasteiger partial charge in [0, 0.05) is 29.7 Å². The summed E-state index contributed by atoms with van der Waals surface area (Å²) >= 11 is 6.07. The number of hydrogen-bond acceptors (Lipinski definition) is 2. The first-order valence-corrected chi connectivity index (χ1v) is 9.33. The molecule has 1 saturated heterocycles. The summed E-state index contributed by atoms with van der Waals surface area (Å²) < 4.78 is 0. The van der Waals surface area contributed by atoms with Crippen LogP contribution in [0, 0.1) is 17.8 Å². The van der Waals surface area contributed by atoms with Crippen molar-refractivity contribution in [2.45, 2.75) is 19.8 Å². The standard InChI is InChI=1S/C22H21ClN2O2/c1-2-5-21(26)25-12-10-16(11-13-25)22(27)24-20-9-4-7-18(15-20)17-6-3-8-19(23)14-17/h3-4,6-9,14-16H,10-13H2,1H3,(H,24,27). The predicted octanol–water partition coefficient (Wildman–Crippen LogP) is 4.21. The summed E-state index contributed by atoms with van der Waals surface area (Å²) in [5.41, 5.74) is 2.75. The average molecular weight is 381 g/mol. The van der Waals surface area contributed by atoms with Crippen molar-refractivity contribution in [1.29, 1.82) is 0 Å². The van der Waals surface area contributed by atoms with Gasteiger partial charge in [-0.05, 0) is 61.1 Å². The third-order valence-corrected chi connectivity index (χ3v) is 4.91. The van der Waals surface area contributed by atoms with Gasteiger partial charge < -0.3 is 10.2 Å². The number of carbonyl (C=O) groups excluding carboxylic acids is 2. The van der Waals surface area contributed by atoms with Gasteiger partial charge in [-0.15, -0.1) is 0 Å². The molecular weight excluding hydrogens is 360 g/mol. The van der Waals surface area contributed by atoms with Crippen LogP contribution in [0.25, 0.3) is 11.1 Å². The number of likely N-dealkylation sites (tertiary alicyclic amines) is 1. The van der Waals surface area contributed by atoms with Gasteiger partial charge in [0.2, 0.25) is 5.91 Å². The number of hydrogen-bond donors (Lipinski definition) is 1. The van der Waals surface area contributed by atoms with Gasteiger partial charge in [0.1, 0.15) is 0 Å². The van der Waals surface area contributed by atoms with Crippen molar-refractivity contribution in [3.05, 3.63) is 53.6 Å². The molecule has 1 aliphatic rings. The summed E-state index contributed by atoms with van der Waals surface area (Å²) in [4.78, 5) is 26.1. The molecule has 1 N–H and O–H groups in total. The second-order valence-electron chi connectivity index (χ2n) is 6.52. The second-order valence-corrected chi connectivity index (χ2v) is 6.96. The Morgan fingerprint density at radius 1 is 1.07 bits per heavy atom. The number of benzene rings is 2. The van der Waals surface area contributed by atoms with E-state index in [0.717, 1.165) is 16.8 Å². The highest BCUT2D eigenvalue weighted by molar-refractivity contribution is 6.30. The molecule has 27 heavy (non-hydrogen) atoms. The van der Waals surface area contributed by atoms with Gasteiger partial charge in [-0.25, -0.2) is 0 Å². The number of piperidine rings is 1. The van der Waals surface area contributed by atoms with Crippen LogP contribution in [0.1, 0.15) is 19.8 Å². The SMILES string of the molecule is CC#CC(=O)N1CCC(C(=O)Nc2cccc(-c3cccc(Cl)c3)c2)CC1. The summed E-state index contributed by atoms with van der Waals surface area (Å²) in [5, 5.41) is 3.68. The lowest BCUT2D eigenvalue weighted by molar-refractivity contribution is -0.129. The molecule has 0 saturated carbocycles. The monoisotopic (exact) mass is 380 g/mol. The number of amides is 2. The van der Waals surface area contributed by atoms with Gasteiger partial charge in [0.15, 0.2) is 0 Å². The highest BCUT2D eigenvalue weighted by atomic mass is 35.5. The molecule has 0 aliphatic carbocycles. The molecule has 0 bridgehead atoms. The fourth-order valence-electron chi connectivity index (χ4n) is 3.22. The number of rotatable bonds is 3. The van der Waals surface area contributed by atoms with Crippen molar-refractivity contribution >= 4 is 29.1 Å². The van der Waals surface area contributed by atoms with Crippen molar-refractivity contribution in [2.24, 2.45) is 5.92 Å². The topological polar surface area (TPSA) is 49.4 Å². The maximum atomic E-state index is 12.6. The maximum Gasteiger partial charge on any atom is 0.298 e. The fraction of sp³-hybridized carbons (Fsp3) is 0.273. The quantitative estimate of drug-likeness (QED) is 0.811. The molecule has 0 atom stereocenters. The number of anilines is 1. The van der Waals surface area contributed by atoms with Crippen molar-refractivity contribution in [1.82, 2.24) is 4.90 Å². The number of halogens is 1. The third kappa shape index (κ3) is 4.90. The molecule has 5 heteroatoms. The molecule has 1 heterocycles. The Labute approximate surface area is 164 Å². The van der Waals surface area contributed by atoms with E-state index in [1.807, 2.05) is 48.5 Å². The molecule has 0 unspecified atom stereocenters. The van der Waals surface area contributed by atoms with E-state index in [-0.39, 0.29) is 17.7 Å². The Balaban J connectivity index is 1.62. The lowest BCUT2D eigenvalue weighted by Crippen LogP contribution is -2.41. The van der Waals surface area contributed by atoms with Crippen LogP contribution in [0.5, 0.6) is 0 Å². The minimum Gasteiger partial charge on any atom is -0.332 e. The number of nitrogens with zero attached hydrogens (tertiary/aromatic N) is 1. The summed E-state index contributed by atoms with van der Waals surface area (Å²) in [7, 11) is 0. The van der Waals surface area contributed by atoms with E-state index in [1.165, 1.54) is 0 Å². The molecular formula is C22H21ClN2O2. The van der Waals surface area contributed by atoms with E-state index in [2.05, 4.69) is 17.2 Å². The molecule has 2 aromatic carbocycles. The van der Waals surface area contributed by atoms with Gasteiger partial charge in [-0.2, -0.15) is 0 Å². The zero-order chi connectivity index (χ0) is 19.2. The van der Waals surface area contributed by atoms with E-state index in [0.29, 0.717) is 31.0 Å². The van der Waals surface area contributed by atoms with Crippen LogP contribution >= 0.6 is 11.6 Å². The molecule has 4 nitrogen and oxygen atoms in total. The van der Waals surface area contributed by atoms with E-state index in [1.54, 1.807) is 11.8 Å². The van der Waals surface area contributed by atoms with Gasteiger partial charge in [0.05, 0.1) is 0 Å². The molecule has 1 fully saturated rings. The van der Waals surface area contributed by atoms with Crippen LogP contribution in [0.3, 0.4) is 0 Å². The van der Waals surface area contributed by atoms with E-state index in [9.17, 15) is 9.59 Å². The first-order chi connectivity index (χ1) is 13.1. The van der Waals surface area contributed by atoms with Gasteiger partial charge in [-0.3, -0.25) is 9.59 Å². The lowest BCUT2D eigenvalue weighted by atomic mass is 9.95. The summed E-state index contributed by atoms with van der Waals surface area (Å²) in [5.74, 6) is 4.91. The predicted molar refractivity (Wildman–Crippen MR) is 108 cm³/mol. The van der Waals surface area contributed by atoms with Crippen LogP contribution in [0.15, 0.2) is 48.5 Å². The molecule has 0 spiro atoms. The summed E-state index contributed by atoms with van der Waals surface area (Å²) in [6, 6.07) is 15.3. The van der Waals surface area contributed by atoms with Crippen molar-refractivity contribution in [2.75, 3.05) is 18.4 Å². The molecule has 0 aromatic heterocycles. The molecule has 3 rings (SSSR count). The number of nitrogens with one attached hydrogen (secondary N) is 1. The molecule has 1 aliphatic heterocycles. The minimum absolute atomic E-state index is 0.00748. The maximum absolute atomic E-state index is 12.6. The molecule has 138 valence electrons. The molecule has 2 aromatic rings. The van der Waals surface area contributed by atoms with Crippen LogP contribution in [0.2, 0.25) is 5.02 Å². The highest BCUT2D eigenvalue weighted by Crippen LogP contribution is 2.26. The van der Waals surface area contributed by atoms with Gasteiger partial charge in [-0.1, -0.05) is 41.8 Å². The summed E-state index contributed by atoms with van der Waals surface area (Å²) in [6.07, 6.45) is 1.30. The van der Waals surface area contributed by atoms with Crippen molar-refractivity contribution < 1.29 is 9.59 Å². The fourth-order valence-corrected chi connectivity index (χ4v) is 3.41. The Hall–Kier alpha value is -2.77. The van der Waals surface area contributed by atoms with E-state index in [4.69, 9.17) is 11.6 Å². The Morgan fingerprint density at radius 3 is 2.41 bits per heavy atom. The zero-order valence-electron chi connectivity index (χ0n) is 15.2. The van der Waals surface area contributed by atoms with E-state index >= 15 is 0 Å². The Kier molecular flexibility index (Phi) is 6.16. The Bertz CT molecular complexity index is 906. The average Bonchev–Trinajstić information content (AvgIpc) is 2.68. The largest absolute Gasteiger partial charge is 0.332 e. The highest BCUT2D eigenvalue weighted by Gasteiger charge is 2.26. The molecule has 2 amide bonds. The normalized spacial score (nSPS) is 14.2. The Morgan fingerprint density at radius 2 is 1.74 bits per heavy atom. The van der Waals surface area contributed by atoms with E-state index < -0.39 is 0 Å². The smallest absolute Gasteiger partial charge is 0.298 e. The first kappa shape index (κ1) is 19.0. The number of carbonyl (C=O) groups is 2. The van der Waals surface area contributed by atoms with Crippen LogP contribution in [-0.2, 0) is 9.59 Å². The zero-order valence-corrected chi connectivity index (χ0v) is 15.9. The van der Waals surface area contributed by atoms with Gasteiger partial charge >= 0.3 is 0 Å². The van der Waals surface area contributed by atoms with Crippen LogP contribution in [-0.4, -0.2) is 29.8 Å². The van der Waals surface area contributed by atoms with Crippen molar-refractivity contribution in [3.8, 4) is 23.0 Å². The minimum atomic E-state index is -0.161. The molecule has 0 radical (unpaired) electrons. The van der Waals surface area contributed by atoms with Crippen molar-refractivity contribution in [3.63, 3.8) is 0 Å². The van der Waals surface area contributed by atoms with Crippen LogP contribution in [0.4, 0.5) is 5.69 Å². The second kappa shape index (κ2) is 8.75.